The summed E-state index contributed by atoms with van der Waals surface area (Å²) in [6.45, 7) is 1.83. The van der Waals surface area contributed by atoms with Gasteiger partial charge in [-0.05, 0) is 36.8 Å². The van der Waals surface area contributed by atoms with Crippen LogP contribution in [0.15, 0.2) is 52.5 Å². The van der Waals surface area contributed by atoms with E-state index in [-0.39, 0.29) is 22.5 Å². The zero-order chi connectivity index (χ0) is 19.6. The van der Waals surface area contributed by atoms with E-state index in [4.69, 9.17) is 0 Å². The van der Waals surface area contributed by atoms with Crippen LogP contribution in [0.2, 0.25) is 0 Å². The number of nitrogens with zero attached hydrogens (tertiary/aromatic N) is 4. The maximum absolute atomic E-state index is 12.4. The van der Waals surface area contributed by atoms with Gasteiger partial charge in [-0.2, -0.15) is 10.1 Å². The minimum atomic E-state index is -0.634. The Labute approximate surface area is 151 Å². The Kier molecular flexibility index (Phi) is 4.62. The van der Waals surface area contributed by atoms with E-state index in [1.165, 1.54) is 34.9 Å². The first-order valence-corrected chi connectivity index (χ1v) is 7.66. The van der Waals surface area contributed by atoms with E-state index in [1.807, 2.05) is 6.92 Å². The molecule has 10 heteroatoms. The Morgan fingerprint density at radius 2 is 2.04 bits per heavy atom. The number of pyridine rings is 1. The first-order valence-electron chi connectivity index (χ1n) is 7.66. The van der Waals surface area contributed by atoms with Gasteiger partial charge in [-0.3, -0.25) is 24.1 Å². The molecule has 0 aliphatic carbocycles. The zero-order valence-corrected chi connectivity index (χ0v) is 14.0. The Morgan fingerprint density at radius 1 is 1.33 bits per heavy atom. The van der Waals surface area contributed by atoms with E-state index >= 15 is 0 Å². The van der Waals surface area contributed by atoms with Gasteiger partial charge in [0.1, 0.15) is 11.2 Å². The predicted molar refractivity (Wildman–Crippen MR) is 96.0 cm³/mol. The van der Waals surface area contributed by atoms with Crippen molar-refractivity contribution in [2.45, 2.75) is 6.92 Å². The maximum Gasteiger partial charge on any atom is 0.271 e. The number of nitro benzene ring substituents is 1. The normalized spacial score (nSPS) is 11.0. The summed E-state index contributed by atoms with van der Waals surface area (Å²) < 4.78 is 1.24. The van der Waals surface area contributed by atoms with Gasteiger partial charge >= 0.3 is 0 Å². The van der Waals surface area contributed by atoms with Gasteiger partial charge in [-0.1, -0.05) is 0 Å². The van der Waals surface area contributed by atoms with E-state index in [0.29, 0.717) is 0 Å². The fraction of sp³-hybridized carbons (Fsp3) is 0.0588. The first kappa shape index (κ1) is 17.7. The molecule has 0 unspecified atom stereocenters. The van der Waals surface area contributed by atoms with Crippen LogP contribution in [0.5, 0.6) is 5.88 Å². The van der Waals surface area contributed by atoms with Gasteiger partial charge in [0.05, 0.1) is 11.1 Å². The number of hydrazone groups is 1. The third kappa shape index (κ3) is 3.63. The maximum atomic E-state index is 12.4. The van der Waals surface area contributed by atoms with Crippen molar-refractivity contribution in [3.05, 3.63) is 79.8 Å². The van der Waals surface area contributed by atoms with Crippen LogP contribution in [0.4, 0.5) is 5.69 Å². The molecule has 1 amide bonds. The molecule has 0 fully saturated rings. The average molecular weight is 367 g/mol. The molecule has 2 heterocycles. The molecular weight excluding hydrogens is 354 g/mol. The number of nitrogens with one attached hydrogen (secondary N) is 1. The number of fused-ring (bicyclic) bond motifs is 1. The summed E-state index contributed by atoms with van der Waals surface area (Å²) in [6.07, 6.45) is 2.51. The highest BCUT2D eigenvalue weighted by Gasteiger charge is 2.11. The van der Waals surface area contributed by atoms with E-state index in [1.54, 1.807) is 12.1 Å². The molecule has 2 N–H and O–H groups in total. The molecule has 2 aromatic heterocycles. The summed E-state index contributed by atoms with van der Waals surface area (Å²) >= 11 is 0. The Morgan fingerprint density at radius 3 is 2.70 bits per heavy atom. The molecule has 0 bridgehead atoms. The van der Waals surface area contributed by atoms with Crippen molar-refractivity contribution >= 4 is 23.5 Å². The van der Waals surface area contributed by atoms with Crippen LogP contribution in [-0.4, -0.2) is 31.5 Å². The van der Waals surface area contributed by atoms with Gasteiger partial charge in [-0.15, -0.1) is 0 Å². The minimum absolute atomic E-state index is 0.144. The molecule has 0 saturated carbocycles. The zero-order valence-electron chi connectivity index (χ0n) is 14.0. The number of amides is 1. The number of carbonyl (C=O) groups is 1. The average Bonchev–Trinajstić information content (AvgIpc) is 2.64. The third-order valence-electron chi connectivity index (χ3n) is 3.70. The Balaban J connectivity index is 1.82. The number of benzene rings is 1. The van der Waals surface area contributed by atoms with Crippen molar-refractivity contribution in [2.75, 3.05) is 0 Å². The van der Waals surface area contributed by atoms with E-state index < -0.39 is 22.3 Å². The Bertz CT molecular complexity index is 1130. The predicted octanol–water partition coefficient (Wildman–Crippen LogP) is 1.38. The lowest BCUT2D eigenvalue weighted by molar-refractivity contribution is -0.384. The molecule has 3 aromatic rings. The fourth-order valence-corrected chi connectivity index (χ4v) is 2.31. The minimum Gasteiger partial charge on any atom is -0.493 e. The number of rotatable bonds is 4. The topological polar surface area (TPSA) is 139 Å². The molecule has 27 heavy (non-hydrogen) atoms. The number of hydrogen-bond acceptors (Lipinski definition) is 7. The fourth-order valence-electron chi connectivity index (χ4n) is 2.31. The quantitative estimate of drug-likeness (QED) is 0.406. The van der Waals surface area contributed by atoms with Crippen LogP contribution in [-0.2, 0) is 0 Å². The molecule has 10 nitrogen and oxygen atoms in total. The monoisotopic (exact) mass is 367 g/mol. The highest BCUT2D eigenvalue weighted by molar-refractivity contribution is 5.95. The van der Waals surface area contributed by atoms with Gasteiger partial charge in [-0.25, -0.2) is 5.43 Å². The van der Waals surface area contributed by atoms with Gasteiger partial charge in [0.2, 0.25) is 5.88 Å². The summed E-state index contributed by atoms with van der Waals surface area (Å²) in [7, 11) is 0. The third-order valence-corrected chi connectivity index (χ3v) is 3.70. The molecule has 0 spiro atoms. The van der Waals surface area contributed by atoms with Crippen LogP contribution in [0.1, 0.15) is 21.5 Å². The van der Waals surface area contributed by atoms with Crippen molar-refractivity contribution in [3.8, 4) is 5.88 Å². The molecule has 3 rings (SSSR count). The van der Waals surface area contributed by atoms with Gasteiger partial charge in [0, 0.05) is 23.9 Å². The van der Waals surface area contributed by atoms with Crippen LogP contribution in [0.3, 0.4) is 0 Å². The highest BCUT2D eigenvalue weighted by atomic mass is 16.6. The lowest BCUT2D eigenvalue weighted by atomic mass is 10.2. The molecule has 0 aliphatic rings. The lowest BCUT2D eigenvalue weighted by Gasteiger charge is -2.04. The Hall–Kier alpha value is -4.08. The number of aryl methyl sites for hydroxylation is 1. The summed E-state index contributed by atoms with van der Waals surface area (Å²) in [4.78, 5) is 38.3. The summed E-state index contributed by atoms with van der Waals surface area (Å²) in [5.41, 5.74) is 2.59. The van der Waals surface area contributed by atoms with Crippen molar-refractivity contribution in [1.29, 1.82) is 0 Å². The van der Waals surface area contributed by atoms with Crippen molar-refractivity contribution < 1.29 is 14.8 Å². The standard InChI is InChI=1S/C17H13N5O5/c1-10-6-7-21-14(8-10)19-16(24)13(17(21)25)9-18-20-15(23)11-2-4-12(5-3-11)22(26)27/h2-9,24H,1H3,(H,20,23). The number of aromatic hydroxyl groups is 1. The van der Waals surface area contributed by atoms with Gasteiger partial charge < -0.3 is 5.11 Å². The van der Waals surface area contributed by atoms with Crippen LogP contribution in [0.25, 0.3) is 5.65 Å². The second kappa shape index (κ2) is 7.04. The smallest absolute Gasteiger partial charge is 0.271 e. The number of carbonyl (C=O) groups excluding carboxylic acids is 1. The van der Waals surface area contributed by atoms with Crippen molar-refractivity contribution in [3.63, 3.8) is 0 Å². The van der Waals surface area contributed by atoms with Crippen LogP contribution < -0.4 is 11.0 Å². The van der Waals surface area contributed by atoms with Gasteiger partial charge in [0.15, 0.2) is 0 Å². The summed E-state index contributed by atoms with van der Waals surface area (Å²) in [6, 6.07) is 8.27. The second-order valence-electron chi connectivity index (χ2n) is 5.59. The van der Waals surface area contributed by atoms with E-state index in [0.717, 1.165) is 11.8 Å². The van der Waals surface area contributed by atoms with Crippen LogP contribution >= 0.6 is 0 Å². The molecule has 1 aromatic carbocycles. The molecule has 0 saturated heterocycles. The number of nitro groups is 1. The first-order chi connectivity index (χ1) is 12.9. The van der Waals surface area contributed by atoms with Crippen molar-refractivity contribution in [1.82, 2.24) is 14.8 Å². The lowest BCUT2D eigenvalue weighted by Crippen LogP contribution is -2.22. The number of hydrogen-bond donors (Lipinski definition) is 2. The molecule has 136 valence electrons. The molecular formula is C17H13N5O5. The molecule has 0 radical (unpaired) electrons. The molecule has 0 aliphatic heterocycles. The molecule has 0 atom stereocenters. The highest BCUT2D eigenvalue weighted by Crippen LogP contribution is 2.12. The van der Waals surface area contributed by atoms with Gasteiger partial charge in [0.25, 0.3) is 17.2 Å². The van der Waals surface area contributed by atoms with Crippen molar-refractivity contribution in [2.24, 2.45) is 5.10 Å². The number of aromatic nitrogens is 2. The SMILES string of the molecule is Cc1ccn2c(=O)c(C=NNC(=O)c3ccc([N+](=O)[O-])cc3)c(O)nc2c1. The number of non-ortho nitro benzene ring substituents is 1. The van der Waals surface area contributed by atoms with E-state index in [2.05, 4.69) is 15.5 Å². The summed E-state index contributed by atoms with van der Waals surface area (Å²) in [5, 5.41) is 24.2. The summed E-state index contributed by atoms with van der Waals surface area (Å²) in [5.74, 6) is -1.15. The van der Waals surface area contributed by atoms with E-state index in [9.17, 15) is 24.8 Å². The van der Waals surface area contributed by atoms with Crippen LogP contribution in [0, 0.1) is 17.0 Å². The second-order valence-corrected chi connectivity index (χ2v) is 5.59. The largest absolute Gasteiger partial charge is 0.493 e.